The van der Waals surface area contributed by atoms with E-state index in [4.69, 9.17) is 8.42 Å². The van der Waals surface area contributed by atoms with Crippen molar-refractivity contribution >= 4 is 17.3 Å². The molecule has 1 heterocycles. The van der Waals surface area contributed by atoms with Gasteiger partial charge in [0.1, 0.15) is 0 Å². The maximum atomic E-state index is 8.29. The highest BCUT2D eigenvalue weighted by molar-refractivity contribution is 7.51. The van der Waals surface area contributed by atoms with E-state index >= 15 is 0 Å². The summed E-state index contributed by atoms with van der Waals surface area (Å²) in [5.74, 6) is 0. The fraction of sp³-hybridized carbons (Fsp3) is 0.375. The van der Waals surface area contributed by atoms with Crippen molar-refractivity contribution in [3.8, 4) is 0 Å². The van der Waals surface area contributed by atoms with Gasteiger partial charge in [0.05, 0.1) is 0 Å². The zero-order valence-corrected chi connectivity index (χ0v) is 8.38. The standard InChI is InChI=1S/C8H12N2.O2S/c1-7(2)10-8-3-5-9-6-4-8;1-3-2/h3-7H,1-2H3,(H,9,10);. The van der Waals surface area contributed by atoms with Crippen molar-refractivity contribution in [1.29, 1.82) is 0 Å². The number of hydrogen-bond acceptors (Lipinski definition) is 4. The number of anilines is 1. The van der Waals surface area contributed by atoms with Gasteiger partial charge in [0.2, 0.25) is 0 Å². The molecule has 0 aliphatic carbocycles. The predicted octanol–water partition coefficient (Wildman–Crippen LogP) is 1.23. The Kier molecular flexibility index (Phi) is 6.72. The molecule has 13 heavy (non-hydrogen) atoms. The molecular formula is C8H12N2O2S. The second-order valence-electron chi connectivity index (χ2n) is 2.60. The molecule has 0 radical (unpaired) electrons. The average molecular weight is 200 g/mol. The van der Waals surface area contributed by atoms with Gasteiger partial charge in [-0.15, -0.1) is 0 Å². The summed E-state index contributed by atoms with van der Waals surface area (Å²) >= 11 is -0.750. The summed E-state index contributed by atoms with van der Waals surface area (Å²) in [6.45, 7) is 4.22. The van der Waals surface area contributed by atoms with Gasteiger partial charge in [-0.05, 0) is 26.0 Å². The molecule has 1 rings (SSSR count). The molecule has 0 aromatic carbocycles. The van der Waals surface area contributed by atoms with Crippen molar-refractivity contribution < 1.29 is 8.42 Å². The lowest BCUT2D eigenvalue weighted by Gasteiger charge is -2.07. The van der Waals surface area contributed by atoms with Gasteiger partial charge >= 0.3 is 11.6 Å². The fourth-order valence-electron chi connectivity index (χ4n) is 0.781. The molecule has 0 bridgehead atoms. The molecule has 0 fully saturated rings. The Bertz CT molecular complexity index is 258. The van der Waals surface area contributed by atoms with Crippen molar-refractivity contribution in [2.75, 3.05) is 5.32 Å². The lowest BCUT2D eigenvalue weighted by Crippen LogP contribution is -2.09. The molecule has 0 unspecified atom stereocenters. The van der Waals surface area contributed by atoms with Gasteiger partial charge in [-0.2, -0.15) is 8.42 Å². The molecule has 1 aromatic heterocycles. The molecule has 5 heteroatoms. The molecule has 0 aliphatic rings. The van der Waals surface area contributed by atoms with Crippen LogP contribution in [0.1, 0.15) is 13.8 Å². The summed E-state index contributed by atoms with van der Waals surface area (Å²) in [7, 11) is 0. The third-order valence-electron chi connectivity index (χ3n) is 1.14. The van der Waals surface area contributed by atoms with E-state index in [1.807, 2.05) is 12.1 Å². The minimum Gasteiger partial charge on any atom is -0.383 e. The first-order valence-corrected chi connectivity index (χ1v) is 4.45. The van der Waals surface area contributed by atoms with E-state index in [9.17, 15) is 0 Å². The van der Waals surface area contributed by atoms with E-state index in [1.165, 1.54) is 0 Å². The predicted molar refractivity (Wildman–Crippen MR) is 51.9 cm³/mol. The first-order chi connectivity index (χ1) is 6.20. The number of nitrogens with one attached hydrogen (secondary N) is 1. The summed E-state index contributed by atoms with van der Waals surface area (Å²) in [4.78, 5) is 3.91. The van der Waals surface area contributed by atoms with Crippen LogP contribution in [0.25, 0.3) is 0 Å². The zero-order valence-electron chi connectivity index (χ0n) is 7.56. The fourth-order valence-corrected chi connectivity index (χ4v) is 0.781. The number of rotatable bonds is 2. The molecule has 0 saturated carbocycles. The number of nitrogens with zero attached hydrogens (tertiary/aromatic N) is 1. The maximum absolute atomic E-state index is 8.29. The number of hydrogen-bond donors (Lipinski definition) is 1. The monoisotopic (exact) mass is 200 g/mol. The number of pyridine rings is 1. The highest BCUT2D eigenvalue weighted by atomic mass is 32.1. The van der Waals surface area contributed by atoms with Gasteiger partial charge in [-0.25, -0.2) is 0 Å². The van der Waals surface area contributed by atoms with Crippen LogP contribution in [-0.4, -0.2) is 19.4 Å². The topological polar surface area (TPSA) is 59.1 Å². The van der Waals surface area contributed by atoms with Gasteiger partial charge in [-0.3, -0.25) is 4.98 Å². The molecule has 1 N–H and O–H groups in total. The Morgan fingerprint density at radius 3 is 2.15 bits per heavy atom. The van der Waals surface area contributed by atoms with Crippen LogP contribution in [-0.2, 0) is 11.6 Å². The van der Waals surface area contributed by atoms with Gasteiger partial charge < -0.3 is 5.32 Å². The summed E-state index contributed by atoms with van der Waals surface area (Å²) < 4.78 is 16.6. The molecule has 0 atom stereocenters. The van der Waals surface area contributed by atoms with E-state index in [1.54, 1.807) is 12.4 Å². The van der Waals surface area contributed by atoms with E-state index in [0.29, 0.717) is 6.04 Å². The quantitative estimate of drug-likeness (QED) is 0.780. The molecule has 0 aliphatic heterocycles. The van der Waals surface area contributed by atoms with Crippen LogP contribution in [0.4, 0.5) is 5.69 Å². The van der Waals surface area contributed by atoms with E-state index in [2.05, 4.69) is 24.1 Å². The third kappa shape index (κ3) is 7.14. The van der Waals surface area contributed by atoms with Crippen LogP contribution < -0.4 is 5.32 Å². The molecular weight excluding hydrogens is 188 g/mol. The van der Waals surface area contributed by atoms with E-state index in [0.717, 1.165) is 5.69 Å². The van der Waals surface area contributed by atoms with Crippen molar-refractivity contribution in [2.45, 2.75) is 19.9 Å². The second-order valence-corrected chi connectivity index (χ2v) is 2.74. The van der Waals surface area contributed by atoms with Gasteiger partial charge in [0, 0.05) is 24.1 Å². The molecule has 0 amide bonds. The van der Waals surface area contributed by atoms with Crippen LogP contribution in [0, 0.1) is 0 Å². The Labute approximate surface area is 81.0 Å². The largest absolute Gasteiger partial charge is 0.383 e. The van der Waals surface area contributed by atoms with Crippen molar-refractivity contribution in [2.24, 2.45) is 0 Å². The van der Waals surface area contributed by atoms with Crippen LogP contribution in [0.5, 0.6) is 0 Å². The van der Waals surface area contributed by atoms with Gasteiger partial charge in [-0.1, -0.05) is 0 Å². The number of aromatic nitrogens is 1. The van der Waals surface area contributed by atoms with Gasteiger partial charge in [0.25, 0.3) is 0 Å². The molecule has 1 aromatic rings. The minimum absolute atomic E-state index is 0.488. The Balaban J connectivity index is 0.000000424. The highest BCUT2D eigenvalue weighted by Gasteiger charge is 1.91. The van der Waals surface area contributed by atoms with E-state index < -0.39 is 11.6 Å². The highest BCUT2D eigenvalue weighted by Crippen LogP contribution is 2.04. The third-order valence-corrected chi connectivity index (χ3v) is 1.14. The SMILES string of the molecule is CC(C)Nc1ccncc1.O=S=O. The molecule has 0 saturated heterocycles. The zero-order chi connectivity index (χ0) is 10.1. The Morgan fingerprint density at radius 2 is 1.77 bits per heavy atom. The lowest BCUT2D eigenvalue weighted by atomic mass is 10.3. The summed E-state index contributed by atoms with van der Waals surface area (Å²) in [6.07, 6.45) is 3.56. The maximum Gasteiger partial charge on any atom is 0.335 e. The van der Waals surface area contributed by atoms with Crippen molar-refractivity contribution in [1.82, 2.24) is 4.98 Å². The summed E-state index contributed by atoms with van der Waals surface area (Å²) in [6, 6.07) is 4.40. The van der Waals surface area contributed by atoms with Crippen LogP contribution in [0.15, 0.2) is 24.5 Å². The molecule has 0 spiro atoms. The molecule has 72 valence electrons. The second kappa shape index (κ2) is 7.42. The van der Waals surface area contributed by atoms with Crippen LogP contribution >= 0.6 is 0 Å². The summed E-state index contributed by atoms with van der Waals surface area (Å²) in [5.41, 5.74) is 1.13. The molecule has 4 nitrogen and oxygen atoms in total. The normalized spacial score (nSPS) is 8.54. The van der Waals surface area contributed by atoms with Crippen molar-refractivity contribution in [3.05, 3.63) is 24.5 Å². The smallest absolute Gasteiger partial charge is 0.335 e. The van der Waals surface area contributed by atoms with Gasteiger partial charge in [0.15, 0.2) is 0 Å². The van der Waals surface area contributed by atoms with Crippen LogP contribution in [0.3, 0.4) is 0 Å². The van der Waals surface area contributed by atoms with E-state index in [-0.39, 0.29) is 0 Å². The average Bonchev–Trinajstić information content (AvgIpc) is 2.06. The van der Waals surface area contributed by atoms with Crippen LogP contribution in [0.2, 0.25) is 0 Å². The lowest BCUT2D eigenvalue weighted by molar-refractivity contribution is 0.630. The first-order valence-electron chi connectivity index (χ1n) is 3.79. The Hall–Kier alpha value is -1.23. The van der Waals surface area contributed by atoms with Crippen molar-refractivity contribution in [3.63, 3.8) is 0 Å². The minimum atomic E-state index is -0.750. The first kappa shape index (κ1) is 11.8. The Morgan fingerprint density at radius 1 is 1.31 bits per heavy atom. The summed E-state index contributed by atoms with van der Waals surface area (Å²) in [5, 5.41) is 3.26.